The minimum atomic E-state index is -0.0694. The highest BCUT2D eigenvalue weighted by atomic mass is 16.6. The van der Waals surface area contributed by atoms with E-state index in [1.807, 2.05) is 17.0 Å². The Labute approximate surface area is 155 Å². The Kier molecular flexibility index (Phi) is 6.68. The molecule has 1 amide bonds. The van der Waals surface area contributed by atoms with E-state index in [-0.39, 0.29) is 18.3 Å². The average molecular weight is 359 g/mol. The van der Waals surface area contributed by atoms with Gasteiger partial charge in [-0.3, -0.25) is 4.79 Å². The van der Waals surface area contributed by atoms with Gasteiger partial charge in [-0.1, -0.05) is 18.0 Å². The van der Waals surface area contributed by atoms with Crippen LogP contribution in [-0.2, 0) is 9.63 Å². The minimum absolute atomic E-state index is 0.0223. The molecule has 0 unspecified atom stereocenters. The lowest BCUT2D eigenvalue weighted by atomic mass is 10.1. The predicted molar refractivity (Wildman–Crippen MR) is 102 cm³/mol. The van der Waals surface area contributed by atoms with Crippen LogP contribution < -0.4 is 10.6 Å². The van der Waals surface area contributed by atoms with Gasteiger partial charge in [0.1, 0.15) is 5.82 Å². The Balaban J connectivity index is 1.60. The van der Waals surface area contributed by atoms with Gasteiger partial charge < -0.3 is 20.4 Å². The fourth-order valence-electron chi connectivity index (χ4n) is 3.57. The fraction of sp³-hybridized carbons (Fsp3) is 0.632. The van der Waals surface area contributed by atoms with Gasteiger partial charge in [0.15, 0.2) is 12.4 Å². The summed E-state index contributed by atoms with van der Waals surface area (Å²) < 4.78 is 0. The topological polar surface area (TPSA) is 84.0 Å². The minimum Gasteiger partial charge on any atom is -0.384 e. The number of nitrogens with zero attached hydrogens (tertiary/aromatic N) is 4. The number of likely N-dealkylation sites (tertiary alicyclic amines) is 1. The first-order chi connectivity index (χ1) is 12.8. The van der Waals surface area contributed by atoms with Gasteiger partial charge in [-0.25, -0.2) is 4.98 Å². The number of carbonyl (C=O) groups is 1. The van der Waals surface area contributed by atoms with E-state index in [4.69, 9.17) is 10.6 Å². The molecule has 0 bridgehead atoms. The smallest absolute Gasteiger partial charge is 0.263 e. The zero-order valence-electron chi connectivity index (χ0n) is 15.4. The Bertz CT molecular complexity index is 620. The molecular formula is C19H29N5O2. The summed E-state index contributed by atoms with van der Waals surface area (Å²) in [4.78, 5) is 26.1. The molecule has 0 aromatic carbocycles. The van der Waals surface area contributed by atoms with Gasteiger partial charge in [0.2, 0.25) is 0 Å². The highest BCUT2D eigenvalue weighted by Gasteiger charge is 2.18. The second-order valence-electron chi connectivity index (χ2n) is 6.97. The first-order valence-corrected chi connectivity index (χ1v) is 9.69. The molecule has 7 heteroatoms. The Morgan fingerprint density at radius 3 is 2.46 bits per heavy atom. The number of nitrogens with two attached hydrogens (primary N) is 1. The molecular weight excluding hydrogens is 330 g/mol. The maximum Gasteiger partial charge on any atom is 0.263 e. The predicted octanol–water partition coefficient (Wildman–Crippen LogP) is 2.11. The number of piperidine rings is 1. The second kappa shape index (κ2) is 9.40. The van der Waals surface area contributed by atoms with Crippen molar-refractivity contribution in [3.63, 3.8) is 0 Å². The van der Waals surface area contributed by atoms with Crippen LogP contribution in [-0.4, -0.2) is 54.4 Å². The van der Waals surface area contributed by atoms with Gasteiger partial charge in [-0.15, -0.1) is 0 Å². The maximum atomic E-state index is 12.3. The van der Waals surface area contributed by atoms with E-state index in [0.717, 1.165) is 63.2 Å². The Hall–Kier alpha value is -2.31. The van der Waals surface area contributed by atoms with E-state index in [0.29, 0.717) is 0 Å². The van der Waals surface area contributed by atoms with Crippen LogP contribution in [0.4, 0.5) is 5.82 Å². The van der Waals surface area contributed by atoms with Crippen LogP contribution >= 0.6 is 0 Å². The van der Waals surface area contributed by atoms with Crippen LogP contribution in [0, 0.1) is 0 Å². The van der Waals surface area contributed by atoms with Gasteiger partial charge in [0.25, 0.3) is 5.91 Å². The number of pyridine rings is 1. The van der Waals surface area contributed by atoms with E-state index < -0.39 is 0 Å². The van der Waals surface area contributed by atoms with Crippen LogP contribution in [0.1, 0.15) is 50.5 Å². The number of oxime groups is 1. The third-order valence-electron chi connectivity index (χ3n) is 5.03. The van der Waals surface area contributed by atoms with Crippen molar-refractivity contribution in [3.8, 4) is 0 Å². The van der Waals surface area contributed by atoms with Crippen LogP contribution in [0.15, 0.2) is 23.5 Å². The first-order valence-electron chi connectivity index (χ1n) is 9.69. The highest BCUT2D eigenvalue weighted by molar-refractivity contribution is 6.01. The lowest BCUT2D eigenvalue weighted by molar-refractivity contribution is -0.136. The third kappa shape index (κ3) is 4.86. The molecule has 3 heterocycles. The van der Waals surface area contributed by atoms with Gasteiger partial charge in [-0.05, 0) is 44.2 Å². The third-order valence-corrected chi connectivity index (χ3v) is 5.03. The van der Waals surface area contributed by atoms with Crippen LogP contribution in [0.25, 0.3) is 0 Å². The summed E-state index contributed by atoms with van der Waals surface area (Å²) in [5, 5.41) is 3.99. The number of aromatic nitrogens is 1. The van der Waals surface area contributed by atoms with E-state index in [1.54, 1.807) is 6.20 Å². The summed E-state index contributed by atoms with van der Waals surface area (Å²) in [7, 11) is 0. The quantitative estimate of drug-likeness (QED) is 0.494. The monoisotopic (exact) mass is 359 g/mol. The number of carbonyl (C=O) groups excluding carboxylic acids is 1. The number of hydrogen-bond donors (Lipinski definition) is 1. The summed E-state index contributed by atoms with van der Waals surface area (Å²) in [6, 6.07) is 3.74. The van der Waals surface area contributed by atoms with Crippen molar-refractivity contribution in [2.45, 2.75) is 44.9 Å². The summed E-state index contributed by atoms with van der Waals surface area (Å²) in [5.41, 5.74) is 6.89. The molecule has 2 saturated heterocycles. The average Bonchev–Trinajstić information content (AvgIpc) is 2.98. The van der Waals surface area contributed by atoms with Crippen molar-refractivity contribution in [1.82, 2.24) is 9.88 Å². The summed E-state index contributed by atoms with van der Waals surface area (Å²) in [6.07, 6.45) is 9.85. The second-order valence-corrected chi connectivity index (χ2v) is 6.97. The van der Waals surface area contributed by atoms with E-state index >= 15 is 0 Å². The fourth-order valence-corrected chi connectivity index (χ4v) is 3.57. The molecule has 7 nitrogen and oxygen atoms in total. The summed E-state index contributed by atoms with van der Waals surface area (Å²) in [6.45, 7) is 3.50. The van der Waals surface area contributed by atoms with Crippen molar-refractivity contribution in [3.05, 3.63) is 23.9 Å². The molecule has 0 radical (unpaired) electrons. The lowest BCUT2D eigenvalue weighted by Crippen LogP contribution is -2.34. The van der Waals surface area contributed by atoms with Crippen molar-refractivity contribution in [1.29, 1.82) is 0 Å². The molecule has 3 rings (SSSR count). The molecule has 0 saturated carbocycles. The molecule has 1 aromatic rings. The van der Waals surface area contributed by atoms with Gasteiger partial charge in [0.05, 0.1) is 5.56 Å². The van der Waals surface area contributed by atoms with Crippen LogP contribution in [0.2, 0.25) is 0 Å². The Morgan fingerprint density at radius 2 is 1.73 bits per heavy atom. The number of amides is 1. The number of rotatable bonds is 5. The summed E-state index contributed by atoms with van der Waals surface area (Å²) in [5.74, 6) is 1.09. The van der Waals surface area contributed by atoms with E-state index in [2.05, 4.69) is 15.0 Å². The molecule has 0 aliphatic carbocycles. The van der Waals surface area contributed by atoms with Crippen molar-refractivity contribution in [2.24, 2.45) is 10.9 Å². The number of hydrogen-bond acceptors (Lipinski definition) is 5. The normalized spacial score (nSPS) is 19.2. The highest BCUT2D eigenvalue weighted by Crippen LogP contribution is 2.21. The first kappa shape index (κ1) is 18.5. The van der Waals surface area contributed by atoms with Crippen molar-refractivity contribution >= 4 is 17.6 Å². The Morgan fingerprint density at radius 1 is 1.08 bits per heavy atom. The molecule has 0 atom stereocenters. The van der Waals surface area contributed by atoms with E-state index in [1.165, 1.54) is 19.3 Å². The van der Waals surface area contributed by atoms with Crippen molar-refractivity contribution < 1.29 is 9.63 Å². The van der Waals surface area contributed by atoms with Crippen LogP contribution in [0.3, 0.4) is 0 Å². The SMILES string of the molecule is N/C(=N\OCC(=O)N1CCCCCC1)c1cccnc1N1CCCCC1. The standard InChI is InChI=1S/C19H29N5O2/c20-18(22-26-15-17(25)23-11-4-1-2-5-12-23)16-9-8-10-21-19(16)24-13-6-3-7-14-24/h8-10H,1-7,11-15H2,(H2,20,22). The number of anilines is 1. The molecule has 142 valence electrons. The molecule has 26 heavy (non-hydrogen) atoms. The van der Waals surface area contributed by atoms with Gasteiger partial charge in [-0.2, -0.15) is 0 Å². The molecule has 2 aliphatic rings. The van der Waals surface area contributed by atoms with Gasteiger partial charge in [0, 0.05) is 32.4 Å². The maximum absolute atomic E-state index is 12.3. The zero-order valence-corrected chi connectivity index (χ0v) is 15.4. The molecule has 0 spiro atoms. The van der Waals surface area contributed by atoms with Gasteiger partial charge >= 0.3 is 0 Å². The van der Waals surface area contributed by atoms with E-state index in [9.17, 15) is 4.79 Å². The molecule has 2 N–H and O–H groups in total. The largest absolute Gasteiger partial charge is 0.384 e. The summed E-state index contributed by atoms with van der Waals surface area (Å²) >= 11 is 0. The molecule has 2 aliphatic heterocycles. The van der Waals surface area contributed by atoms with Crippen molar-refractivity contribution in [2.75, 3.05) is 37.7 Å². The van der Waals surface area contributed by atoms with Crippen LogP contribution in [0.5, 0.6) is 0 Å². The molecule has 1 aromatic heterocycles. The lowest BCUT2D eigenvalue weighted by Gasteiger charge is -2.29. The number of amidine groups is 1. The molecule has 2 fully saturated rings. The zero-order chi connectivity index (χ0) is 18.2.